The Morgan fingerprint density at radius 1 is 1.11 bits per heavy atom. The highest BCUT2D eigenvalue weighted by Crippen LogP contribution is 2.32. The predicted octanol–water partition coefficient (Wildman–Crippen LogP) is 3.53. The van der Waals surface area contributed by atoms with Crippen LogP contribution in [0.2, 0.25) is 0 Å². The Morgan fingerprint density at radius 3 is 2.50 bits per heavy atom. The second-order valence-corrected chi connectivity index (χ2v) is 9.87. The quantitative estimate of drug-likeness (QED) is 0.471. The second kappa shape index (κ2) is 12.3. The summed E-state index contributed by atoms with van der Waals surface area (Å²) >= 11 is 0. The van der Waals surface area contributed by atoms with Gasteiger partial charge in [0, 0.05) is 48.1 Å². The Balaban J connectivity index is 0.000000368. The zero-order valence-corrected chi connectivity index (χ0v) is 21.5. The average molecular weight is 529 g/mol. The van der Waals surface area contributed by atoms with Crippen LogP contribution in [-0.4, -0.2) is 61.4 Å². The number of aliphatic carboxylic acids is 2. The Bertz CT molecular complexity index is 1350. The van der Waals surface area contributed by atoms with Gasteiger partial charge in [-0.2, -0.15) is 0 Å². The smallest absolute Gasteiger partial charge is 0.303 e. The number of hydrogen-bond donors (Lipinski definition) is 2. The van der Waals surface area contributed by atoms with E-state index in [0.717, 1.165) is 92.9 Å². The highest BCUT2D eigenvalue weighted by atomic mass is 19.1. The molecule has 10 nitrogen and oxygen atoms in total. The van der Waals surface area contributed by atoms with Gasteiger partial charge in [0.15, 0.2) is 5.58 Å². The van der Waals surface area contributed by atoms with Gasteiger partial charge < -0.3 is 19.6 Å². The molecular formula is C27H33FN4O6. The molecule has 2 N–H and O–H groups in total. The van der Waals surface area contributed by atoms with Crippen LogP contribution in [0.4, 0.5) is 4.39 Å². The maximum absolute atomic E-state index is 13.4. The van der Waals surface area contributed by atoms with E-state index in [1.165, 1.54) is 12.1 Å². The molecular weight excluding hydrogens is 495 g/mol. The van der Waals surface area contributed by atoms with Crippen molar-refractivity contribution in [1.82, 2.24) is 19.6 Å². The summed E-state index contributed by atoms with van der Waals surface area (Å²) in [7, 11) is 0. The Labute approximate surface area is 219 Å². The lowest BCUT2D eigenvalue weighted by Crippen LogP contribution is -2.37. The van der Waals surface area contributed by atoms with Crippen LogP contribution >= 0.6 is 0 Å². The molecule has 38 heavy (non-hydrogen) atoms. The number of halogens is 1. The molecule has 0 aliphatic carbocycles. The standard InChI is InChI=1S/C23H27FN4O2.C4H6O4/c1-15-18(23(29)28-10-3-2-4-21(28)25-15)9-13-27-11-7-16(8-12-27)22-19-6-5-17(24)14-20(19)30-26-22;5-3(6)1-2-4(7)8/h5-6,14,16H,2-4,7-13H2,1H3;1-2H2,(H,5,6)(H,7,8). The highest BCUT2D eigenvalue weighted by Gasteiger charge is 2.26. The number of likely N-dealkylation sites (tertiary alicyclic amines) is 1. The van der Waals surface area contributed by atoms with Crippen LogP contribution < -0.4 is 5.56 Å². The first-order chi connectivity index (χ1) is 18.2. The van der Waals surface area contributed by atoms with Crippen LogP contribution in [0.25, 0.3) is 11.0 Å². The number of aromatic nitrogens is 3. The summed E-state index contributed by atoms with van der Waals surface area (Å²) in [4.78, 5) is 39.3. The number of aryl methyl sites for hydroxylation is 2. The van der Waals surface area contributed by atoms with E-state index in [2.05, 4.69) is 10.1 Å². The lowest BCUT2D eigenvalue weighted by Gasteiger charge is -2.31. The van der Waals surface area contributed by atoms with E-state index in [4.69, 9.17) is 19.7 Å². The summed E-state index contributed by atoms with van der Waals surface area (Å²) in [6.45, 7) is 5.55. The van der Waals surface area contributed by atoms with E-state index in [1.54, 1.807) is 6.07 Å². The molecule has 0 saturated carbocycles. The van der Waals surface area contributed by atoms with Gasteiger partial charge in [-0.1, -0.05) is 5.16 Å². The molecule has 1 saturated heterocycles. The van der Waals surface area contributed by atoms with Crippen molar-refractivity contribution in [1.29, 1.82) is 0 Å². The lowest BCUT2D eigenvalue weighted by molar-refractivity contribution is -0.143. The van der Waals surface area contributed by atoms with Gasteiger partial charge in [0.05, 0.1) is 18.5 Å². The number of carboxylic acid groups (broad SMARTS) is 2. The minimum atomic E-state index is -1.08. The lowest BCUT2D eigenvalue weighted by atomic mass is 9.91. The maximum atomic E-state index is 13.4. The zero-order valence-electron chi connectivity index (χ0n) is 21.5. The fourth-order valence-electron chi connectivity index (χ4n) is 5.16. The van der Waals surface area contributed by atoms with Gasteiger partial charge in [-0.3, -0.25) is 19.0 Å². The first-order valence-corrected chi connectivity index (χ1v) is 13.0. The van der Waals surface area contributed by atoms with Crippen molar-refractivity contribution in [3.8, 4) is 0 Å². The predicted molar refractivity (Wildman–Crippen MR) is 137 cm³/mol. The summed E-state index contributed by atoms with van der Waals surface area (Å²) in [6, 6.07) is 4.63. The minimum Gasteiger partial charge on any atom is -0.481 e. The van der Waals surface area contributed by atoms with E-state index >= 15 is 0 Å². The SMILES string of the molecule is Cc1nc2n(c(=O)c1CCN1CCC(c3noc4cc(F)ccc34)CC1)CCCC2.O=C(O)CCC(=O)O. The molecule has 2 aromatic heterocycles. The molecule has 0 radical (unpaired) electrons. The number of hydrogen-bond acceptors (Lipinski definition) is 7. The molecule has 2 aliphatic heterocycles. The minimum absolute atomic E-state index is 0.161. The van der Waals surface area contributed by atoms with Crippen molar-refractivity contribution >= 4 is 22.9 Å². The van der Waals surface area contributed by atoms with Gasteiger partial charge in [0.25, 0.3) is 5.56 Å². The number of rotatable bonds is 7. The van der Waals surface area contributed by atoms with E-state index in [-0.39, 0.29) is 24.2 Å². The molecule has 0 atom stereocenters. The summed E-state index contributed by atoms with van der Waals surface area (Å²) < 4.78 is 20.6. The third-order valence-electron chi connectivity index (χ3n) is 7.25. The van der Waals surface area contributed by atoms with E-state index < -0.39 is 11.9 Å². The van der Waals surface area contributed by atoms with Crippen molar-refractivity contribution in [3.63, 3.8) is 0 Å². The summed E-state index contributed by atoms with van der Waals surface area (Å²) in [5.41, 5.74) is 3.38. The number of fused-ring (bicyclic) bond motifs is 2. The van der Waals surface area contributed by atoms with Crippen LogP contribution in [-0.2, 0) is 29.0 Å². The van der Waals surface area contributed by atoms with Crippen LogP contribution in [0.3, 0.4) is 0 Å². The van der Waals surface area contributed by atoms with Crippen molar-refractivity contribution in [3.05, 3.63) is 57.1 Å². The molecule has 2 aliphatic rings. The molecule has 0 bridgehead atoms. The van der Waals surface area contributed by atoms with Crippen LogP contribution in [0.1, 0.15) is 67.2 Å². The Hall–Kier alpha value is -3.60. The second-order valence-electron chi connectivity index (χ2n) is 9.87. The fourth-order valence-corrected chi connectivity index (χ4v) is 5.16. The topological polar surface area (TPSA) is 139 Å². The summed E-state index contributed by atoms with van der Waals surface area (Å²) in [6.07, 6.45) is 5.22. The summed E-state index contributed by atoms with van der Waals surface area (Å²) in [5.74, 6) is -1.18. The number of carboxylic acids is 2. The molecule has 1 fully saturated rings. The van der Waals surface area contributed by atoms with E-state index in [0.29, 0.717) is 11.5 Å². The monoisotopic (exact) mass is 528 g/mol. The molecule has 0 amide bonds. The maximum Gasteiger partial charge on any atom is 0.303 e. The Kier molecular flexibility index (Phi) is 8.88. The zero-order chi connectivity index (χ0) is 27.2. The van der Waals surface area contributed by atoms with Gasteiger partial charge >= 0.3 is 11.9 Å². The van der Waals surface area contributed by atoms with Gasteiger partial charge in [0.1, 0.15) is 11.6 Å². The van der Waals surface area contributed by atoms with Crippen molar-refractivity contribution in [2.45, 2.75) is 70.8 Å². The Morgan fingerprint density at radius 2 is 1.82 bits per heavy atom. The third kappa shape index (κ3) is 6.63. The third-order valence-corrected chi connectivity index (χ3v) is 7.25. The molecule has 11 heteroatoms. The molecule has 4 heterocycles. The van der Waals surface area contributed by atoms with Crippen LogP contribution in [0, 0.1) is 12.7 Å². The van der Waals surface area contributed by atoms with Crippen molar-refractivity contribution in [2.24, 2.45) is 0 Å². The fraction of sp³-hybridized carbons (Fsp3) is 0.519. The highest BCUT2D eigenvalue weighted by molar-refractivity contribution is 5.80. The normalized spacial score (nSPS) is 16.1. The molecule has 3 aromatic rings. The van der Waals surface area contributed by atoms with Gasteiger partial charge in [-0.25, -0.2) is 9.37 Å². The largest absolute Gasteiger partial charge is 0.481 e. The summed E-state index contributed by atoms with van der Waals surface area (Å²) in [5, 5.41) is 20.9. The van der Waals surface area contributed by atoms with E-state index in [9.17, 15) is 18.8 Å². The van der Waals surface area contributed by atoms with Crippen LogP contribution in [0.15, 0.2) is 27.5 Å². The van der Waals surface area contributed by atoms with Gasteiger partial charge in [-0.15, -0.1) is 0 Å². The van der Waals surface area contributed by atoms with Crippen LogP contribution in [0.5, 0.6) is 0 Å². The first-order valence-electron chi connectivity index (χ1n) is 13.0. The number of piperidine rings is 1. The van der Waals surface area contributed by atoms with Gasteiger partial charge in [0.2, 0.25) is 0 Å². The average Bonchev–Trinajstić information content (AvgIpc) is 3.31. The van der Waals surface area contributed by atoms with Crippen molar-refractivity contribution in [2.75, 3.05) is 19.6 Å². The number of nitrogens with zero attached hydrogens (tertiary/aromatic N) is 4. The molecule has 0 unspecified atom stereocenters. The molecule has 0 spiro atoms. The first kappa shape index (κ1) is 27.4. The molecule has 204 valence electrons. The van der Waals surface area contributed by atoms with Gasteiger partial charge in [-0.05, 0) is 64.3 Å². The number of benzene rings is 1. The van der Waals surface area contributed by atoms with E-state index in [1.807, 2.05) is 11.5 Å². The molecule has 1 aromatic carbocycles. The van der Waals surface area contributed by atoms with Crippen molar-refractivity contribution < 1.29 is 28.7 Å². The number of carbonyl (C=O) groups is 2. The molecule has 5 rings (SSSR count).